The van der Waals surface area contributed by atoms with E-state index >= 15 is 0 Å². The van der Waals surface area contributed by atoms with Crippen LogP contribution in [0.5, 0.6) is 0 Å². The van der Waals surface area contributed by atoms with E-state index in [-0.39, 0.29) is 0 Å². The van der Waals surface area contributed by atoms with Gasteiger partial charge in [0.2, 0.25) is 0 Å². The molecular formula is C9H12BrNO. The van der Waals surface area contributed by atoms with Gasteiger partial charge < -0.3 is 4.42 Å². The molecule has 0 fully saturated rings. The van der Waals surface area contributed by atoms with E-state index in [1.807, 2.05) is 0 Å². The minimum Gasteiger partial charge on any atom is -0.466 e. The van der Waals surface area contributed by atoms with Gasteiger partial charge in [0.05, 0.1) is 10.5 Å². The highest BCUT2D eigenvalue weighted by atomic mass is 79.9. The second-order valence-electron chi connectivity index (χ2n) is 3.33. The van der Waals surface area contributed by atoms with Crippen LogP contribution in [-0.2, 0) is 6.42 Å². The van der Waals surface area contributed by atoms with E-state index < -0.39 is 0 Å². The molecule has 12 heavy (non-hydrogen) atoms. The molecule has 0 bridgehead atoms. The van der Waals surface area contributed by atoms with Crippen LogP contribution in [0, 0.1) is 0 Å². The molecule has 0 saturated carbocycles. The number of furan rings is 1. The van der Waals surface area contributed by atoms with Crippen LogP contribution in [0.25, 0.3) is 0 Å². The van der Waals surface area contributed by atoms with Gasteiger partial charge in [0, 0.05) is 12.1 Å². The molecule has 1 aliphatic rings. The number of nitrogens with zero attached hydrogens (tertiary/aromatic N) is 1. The predicted octanol–water partition coefficient (Wildman–Crippen LogP) is 2.59. The molecule has 0 aliphatic carbocycles. The van der Waals surface area contributed by atoms with Crippen molar-refractivity contribution < 1.29 is 4.42 Å². The fourth-order valence-corrected chi connectivity index (χ4v) is 2.14. The normalized spacial score (nSPS) is 24.1. The van der Waals surface area contributed by atoms with Crippen molar-refractivity contribution in [2.75, 3.05) is 13.6 Å². The highest BCUT2D eigenvalue weighted by Crippen LogP contribution is 2.34. The number of fused-ring (bicyclic) bond motifs is 1. The summed E-state index contributed by atoms with van der Waals surface area (Å²) in [6, 6.07) is 0.417. The maximum atomic E-state index is 5.48. The third-order valence-electron chi connectivity index (χ3n) is 2.63. The summed E-state index contributed by atoms with van der Waals surface area (Å²) in [5, 5.41) is 0. The van der Waals surface area contributed by atoms with Crippen LogP contribution in [0.3, 0.4) is 0 Å². The standard InChI is InChI=1S/C9H12BrNO/c1-6-9-7(3-4-11(6)2)8(10)5-12-9/h5-6H,3-4H2,1-2H3. The maximum Gasteiger partial charge on any atom is 0.125 e. The van der Waals surface area contributed by atoms with E-state index in [9.17, 15) is 0 Å². The molecule has 0 N–H and O–H groups in total. The first-order valence-electron chi connectivity index (χ1n) is 4.16. The highest BCUT2D eigenvalue weighted by molar-refractivity contribution is 9.10. The molecule has 1 aliphatic heterocycles. The van der Waals surface area contributed by atoms with Crippen LogP contribution in [0.2, 0.25) is 0 Å². The molecule has 2 rings (SSSR count). The van der Waals surface area contributed by atoms with Crippen molar-refractivity contribution in [2.24, 2.45) is 0 Å². The number of hydrogen-bond acceptors (Lipinski definition) is 2. The molecule has 1 aromatic heterocycles. The minimum absolute atomic E-state index is 0.417. The molecule has 1 atom stereocenters. The first kappa shape index (κ1) is 8.32. The summed E-state index contributed by atoms with van der Waals surface area (Å²) < 4.78 is 6.60. The molecule has 3 heteroatoms. The molecule has 0 spiro atoms. The Morgan fingerprint density at radius 1 is 1.67 bits per heavy atom. The Bertz CT molecular complexity index is 295. The van der Waals surface area contributed by atoms with E-state index in [4.69, 9.17) is 4.42 Å². The third-order valence-corrected chi connectivity index (χ3v) is 3.30. The lowest BCUT2D eigenvalue weighted by Gasteiger charge is -2.28. The summed E-state index contributed by atoms with van der Waals surface area (Å²) in [5.74, 6) is 1.12. The van der Waals surface area contributed by atoms with Crippen molar-refractivity contribution in [3.63, 3.8) is 0 Å². The van der Waals surface area contributed by atoms with Crippen LogP contribution < -0.4 is 0 Å². The van der Waals surface area contributed by atoms with E-state index in [0.717, 1.165) is 23.2 Å². The van der Waals surface area contributed by atoms with Crippen LogP contribution in [-0.4, -0.2) is 18.5 Å². The van der Waals surface area contributed by atoms with E-state index in [1.165, 1.54) is 5.56 Å². The van der Waals surface area contributed by atoms with Crippen molar-refractivity contribution in [3.8, 4) is 0 Å². The topological polar surface area (TPSA) is 16.4 Å². The molecule has 0 aromatic carbocycles. The van der Waals surface area contributed by atoms with Crippen LogP contribution in [0.1, 0.15) is 24.3 Å². The Morgan fingerprint density at radius 3 is 3.17 bits per heavy atom. The Hall–Kier alpha value is -0.280. The van der Waals surface area contributed by atoms with E-state index in [1.54, 1.807) is 6.26 Å². The molecule has 1 unspecified atom stereocenters. The van der Waals surface area contributed by atoms with Gasteiger partial charge in [-0.25, -0.2) is 0 Å². The second-order valence-corrected chi connectivity index (χ2v) is 4.19. The predicted molar refractivity (Wildman–Crippen MR) is 51.2 cm³/mol. The summed E-state index contributed by atoms with van der Waals surface area (Å²) in [5.41, 5.74) is 1.35. The molecule has 2 heterocycles. The first-order chi connectivity index (χ1) is 5.70. The smallest absolute Gasteiger partial charge is 0.125 e. The molecule has 0 amide bonds. The van der Waals surface area contributed by atoms with Gasteiger partial charge in [0.25, 0.3) is 0 Å². The minimum atomic E-state index is 0.417. The van der Waals surface area contributed by atoms with Crippen molar-refractivity contribution in [2.45, 2.75) is 19.4 Å². The van der Waals surface area contributed by atoms with Crippen LogP contribution >= 0.6 is 15.9 Å². The second kappa shape index (κ2) is 2.89. The monoisotopic (exact) mass is 229 g/mol. The summed E-state index contributed by atoms with van der Waals surface area (Å²) in [4.78, 5) is 2.30. The SMILES string of the molecule is CC1c2occ(Br)c2CCN1C. The lowest BCUT2D eigenvalue weighted by atomic mass is 10.0. The molecule has 0 radical (unpaired) electrons. The molecule has 1 aromatic rings. The summed E-state index contributed by atoms with van der Waals surface area (Å²) in [6.07, 6.45) is 2.88. The third kappa shape index (κ3) is 1.12. The van der Waals surface area contributed by atoms with Gasteiger partial charge in [0.1, 0.15) is 12.0 Å². The van der Waals surface area contributed by atoms with Crippen molar-refractivity contribution in [3.05, 3.63) is 22.1 Å². The van der Waals surface area contributed by atoms with Crippen LogP contribution in [0.4, 0.5) is 0 Å². The average Bonchev–Trinajstić information content (AvgIpc) is 2.41. The van der Waals surface area contributed by atoms with E-state index in [0.29, 0.717) is 6.04 Å². The summed E-state index contributed by atoms with van der Waals surface area (Å²) >= 11 is 3.49. The zero-order chi connectivity index (χ0) is 8.72. The van der Waals surface area contributed by atoms with Gasteiger partial charge >= 0.3 is 0 Å². The number of halogens is 1. The number of rotatable bonds is 0. The van der Waals surface area contributed by atoms with E-state index in [2.05, 4.69) is 34.8 Å². The van der Waals surface area contributed by atoms with Gasteiger partial charge in [-0.3, -0.25) is 4.90 Å². The van der Waals surface area contributed by atoms with Crippen molar-refractivity contribution >= 4 is 15.9 Å². The first-order valence-corrected chi connectivity index (χ1v) is 4.95. The molecule has 2 nitrogen and oxygen atoms in total. The largest absolute Gasteiger partial charge is 0.466 e. The summed E-state index contributed by atoms with van der Waals surface area (Å²) in [6.45, 7) is 3.29. The lowest BCUT2D eigenvalue weighted by Crippen LogP contribution is -2.29. The van der Waals surface area contributed by atoms with Crippen LogP contribution in [0.15, 0.2) is 15.2 Å². The maximum absolute atomic E-state index is 5.48. The summed E-state index contributed by atoms with van der Waals surface area (Å²) in [7, 11) is 2.13. The molecular weight excluding hydrogens is 218 g/mol. The molecule has 66 valence electrons. The quantitative estimate of drug-likeness (QED) is 0.681. The fourth-order valence-electron chi connectivity index (χ4n) is 1.65. The van der Waals surface area contributed by atoms with Gasteiger partial charge in [-0.15, -0.1) is 0 Å². The zero-order valence-corrected chi connectivity index (χ0v) is 8.89. The van der Waals surface area contributed by atoms with Crippen molar-refractivity contribution in [1.29, 1.82) is 0 Å². The van der Waals surface area contributed by atoms with Gasteiger partial charge in [-0.1, -0.05) is 0 Å². The Labute approximate surface area is 80.7 Å². The fraction of sp³-hybridized carbons (Fsp3) is 0.556. The zero-order valence-electron chi connectivity index (χ0n) is 7.30. The number of likely N-dealkylation sites (N-methyl/N-ethyl adjacent to an activating group) is 1. The molecule has 0 saturated heterocycles. The van der Waals surface area contributed by atoms with Gasteiger partial charge in [-0.05, 0) is 36.3 Å². The van der Waals surface area contributed by atoms with Gasteiger partial charge in [0.15, 0.2) is 0 Å². The van der Waals surface area contributed by atoms with Crippen molar-refractivity contribution in [1.82, 2.24) is 4.90 Å². The number of hydrogen-bond donors (Lipinski definition) is 0. The van der Waals surface area contributed by atoms with Gasteiger partial charge in [-0.2, -0.15) is 0 Å². The Kier molecular flexibility index (Phi) is 2.00. The highest BCUT2D eigenvalue weighted by Gasteiger charge is 2.25. The Balaban J connectivity index is 2.43. The Morgan fingerprint density at radius 2 is 2.42 bits per heavy atom. The lowest BCUT2D eigenvalue weighted by molar-refractivity contribution is 0.214. The average molecular weight is 230 g/mol.